The summed E-state index contributed by atoms with van der Waals surface area (Å²) in [6.07, 6.45) is 7.85. The molecule has 1 heterocycles. The van der Waals surface area contributed by atoms with Gasteiger partial charge in [0.1, 0.15) is 18.0 Å². The van der Waals surface area contributed by atoms with Crippen molar-refractivity contribution in [2.45, 2.75) is 76.4 Å². The first-order valence-electron chi connectivity index (χ1n) is 15.3. The van der Waals surface area contributed by atoms with Gasteiger partial charge in [-0.05, 0) is 72.9 Å². The zero-order chi connectivity index (χ0) is 29.1. The molecule has 1 saturated carbocycles. The summed E-state index contributed by atoms with van der Waals surface area (Å²) in [6.45, 7) is 3.65. The van der Waals surface area contributed by atoms with Gasteiger partial charge in [0.2, 0.25) is 0 Å². The number of amides is 1. The molecule has 1 saturated heterocycles. The molecule has 0 unspecified atom stereocenters. The van der Waals surface area contributed by atoms with Crippen molar-refractivity contribution in [3.05, 3.63) is 93.5 Å². The number of ether oxygens (including phenoxy) is 2. The van der Waals surface area contributed by atoms with E-state index >= 15 is 0 Å². The summed E-state index contributed by atoms with van der Waals surface area (Å²) in [4.78, 5) is 26.8. The quantitative estimate of drug-likeness (QED) is 0.160. The Morgan fingerprint density at radius 1 is 1.07 bits per heavy atom. The normalized spacial score (nSPS) is 22.5. The number of unbranched alkanes of at least 4 members (excludes halogenated alkanes) is 1. The zero-order valence-electron chi connectivity index (χ0n) is 24.2. The molecule has 3 aromatic rings. The predicted octanol–water partition coefficient (Wildman–Crippen LogP) is 7.91. The summed E-state index contributed by atoms with van der Waals surface area (Å²) < 4.78 is 12.2. The summed E-state index contributed by atoms with van der Waals surface area (Å²) in [5.74, 6) is 1.11. The van der Waals surface area contributed by atoms with Gasteiger partial charge in [0, 0.05) is 24.1 Å². The molecule has 6 rings (SSSR count). The van der Waals surface area contributed by atoms with Crippen LogP contribution in [0.2, 0.25) is 0 Å². The number of nitrogens with zero attached hydrogens (tertiary/aromatic N) is 2. The Labute approximate surface area is 247 Å². The van der Waals surface area contributed by atoms with Crippen LogP contribution in [0.25, 0.3) is 0 Å². The molecule has 1 aliphatic heterocycles. The first-order valence-corrected chi connectivity index (χ1v) is 15.3. The summed E-state index contributed by atoms with van der Waals surface area (Å²) >= 11 is 0. The van der Waals surface area contributed by atoms with Crippen LogP contribution < -0.4 is 10.1 Å². The third-order valence-electron chi connectivity index (χ3n) is 9.50. The molecule has 3 aliphatic rings. The smallest absolute Gasteiger partial charge is 0.410 e. The number of piperidine rings is 1. The van der Waals surface area contributed by atoms with Crippen molar-refractivity contribution in [2.24, 2.45) is 5.92 Å². The minimum Gasteiger partial charge on any atom is -0.491 e. The van der Waals surface area contributed by atoms with Gasteiger partial charge in [0.15, 0.2) is 0 Å². The summed E-state index contributed by atoms with van der Waals surface area (Å²) in [6, 6.07) is 20.9. The molecule has 3 atom stereocenters. The fourth-order valence-electron chi connectivity index (χ4n) is 7.50. The van der Waals surface area contributed by atoms with Gasteiger partial charge in [0.25, 0.3) is 5.69 Å². The van der Waals surface area contributed by atoms with Crippen molar-refractivity contribution >= 4 is 23.2 Å². The van der Waals surface area contributed by atoms with Gasteiger partial charge in [-0.15, -0.1) is 0 Å². The van der Waals surface area contributed by atoms with E-state index in [1.807, 2.05) is 35.2 Å². The van der Waals surface area contributed by atoms with E-state index in [4.69, 9.17) is 9.47 Å². The number of hydrogen-bond donors (Lipinski definition) is 1. The minimum absolute atomic E-state index is 0.00709. The standard InChI is InChI=1S/C34H39N3O5/c1-2-3-19-41-32-22-27-25(20-29(32)35-28-14-7-8-15-30(28)37(39)40)21-31-26-13-9-10-16-34(26,27)17-18-36(31)33(38)42-23-24-11-5-4-6-12-24/h4-8,11-12,14-15,20,22,26,31,35H,2-3,9-10,13,16-19,21,23H2,1H3/t26-,31+,34+/m1/s1. The number of anilines is 2. The van der Waals surface area contributed by atoms with E-state index in [2.05, 4.69) is 24.4 Å². The lowest BCUT2D eigenvalue weighted by atomic mass is 9.52. The second-order valence-electron chi connectivity index (χ2n) is 11.9. The molecule has 8 nitrogen and oxygen atoms in total. The third-order valence-corrected chi connectivity index (χ3v) is 9.50. The van der Waals surface area contributed by atoms with Crippen molar-refractivity contribution in [2.75, 3.05) is 18.5 Å². The molecular formula is C34H39N3O5. The molecule has 220 valence electrons. The largest absolute Gasteiger partial charge is 0.491 e. The highest BCUT2D eigenvalue weighted by Crippen LogP contribution is 2.57. The van der Waals surface area contributed by atoms with Crippen LogP contribution in [0.5, 0.6) is 5.75 Å². The van der Waals surface area contributed by atoms with E-state index in [-0.39, 0.29) is 34.8 Å². The number of hydrogen-bond acceptors (Lipinski definition) is 6. The minimum atomic E-state index is -0.368. The van der Waals surface area contributed by atoms with Crippen molar-refractivity contribution < 1.29 is 19.2 Å². The Morgan fingerprint density at radius 3 is 2.69 bits per heavy atom. The predicted molar refractivity (Wildman–Crippen MR) is 162 cm³/mol. The lowest BCUT2D eigenvalue weighted by molar-refractivity contribution is -0.383. The maximum Gasteiger partial charge on any atom is 0.410 e. The first-order chi connectivity index (χ1) is 20.5. The van der Waals surface area contributed by atoms with E-state index in [9.17, 15) is 14.9 Å². The van der Waals surface area contributed by atoms with Crippen LogP contribution in [0.4, 0.5) is 21.9 Å². The highest BCUT2D eigenvalue weighted by atomic mass is 16.6. The Morgan fingerprint density at radius 2 is 1.88 bits per heavy atom. The number of para-hydroxylation sites is 2. The van der Waals surface area contributed by atoms with Gasteiger partial charge in [0.05, 0.1) is 17.2 Å². The highest BCUT2D eigenvalue weighted by molar-refractivity contribution is 5.75. The van der Waals surface area contributed by atoms with Crippen molar-refractivity contribution in [3.63, 3.8) is 0 Å². The maximum absolute atomic E-state index is 13.5. The molecule has 0 aromatic heterocycles. The van der Waals surface area contributed by atoms with Crippen molar-refractivity contribution in [3.8, 4) is 5.75 Å². The molecule has 8 heteroatoms. The van der Waals surface area contributed by atoms with Gasteiger partial charge in [-0.3, -0.25) is 10.1 Å². The Kier molecular flexibility index (Phi) is 8.05. The molecule has 0 radical (unpaired) electrons. The number of carbonyl (C=O) groups excluding carboxylic acids is 1. The number of fused-ring (bicyclic) bond motifs is 1. The van der Waals surface area contributed by atoms with Gasteiger partial charge in [-0.1, -0.05) is 68.7 Å². The molecule has 1 amide bonds. The Balaban J connectivity index is 1.35. The molecule has 0 spiro atoms. The van der Waals surface area contributed by atoms with Gasteiger partial charge < -0.3 is 19.7 Å². The van der Waals surface area contributed by atoms with E-state index < -0.39 is 0 Å². The highest BCUT2D eigenvalue weighted by Gasteiger charge is 2.55. The molecule has 2 aliphatic carbocycles. The number of nitro benzene ring substituents is 1. The molecule has 2 bridgehead atoms. The number of nitrogens with one attached hydrogen (secondary N) is 1. The number of carbonyl (C=O) groups is 1. The molecular weight excluding hydrogens is 530 g/mol. The van der Waals surface area contributed by atoms with E-state index in [1.165, 1.54) is 30.0 Å². The van der Waals surface area contributed by atoms with Crippen molar-refractivity contribution in [1.29, 1.82) is 0 Å². The van der Waals surface area contributed by atoms with Crippen LogP contribution >= 0.6 is 0 Å². The van der Waals surface area contributed by atoms with E-state index in [0.29, 0.717) is 24.8 Å². The lowest BCUT2D eigenvalue weighted by Crippen LogP contribution is -2.62. The molecule has 1 N–H and O–H groups in total. The van der Waals surface area contributed by atoms with Crippen molar-refractivity contribution in [1.82, 2.24) is 4.90 Å². The first kappa shape index (κ1) is 28.1. The number of benzene rings is 3. The monoisotopic (exact) mass is 569 g/mol. The third kappa shape index (κ3) is 5.30. The second-order valence-corrected chi connectivity index (χ2v) is 11.9. The van der Waals surface area contributed by atoms with Crippen LogP contribution in [0.3, 0.4) is 0 Å². The number of nitro groups is 1. The number of rotatable bonds is 9. The van der Waals surface area contributed by atoms with Crippen LogP contribution in [0.1, 0.15) is 68.6 Å². The molecule has 2 fully saturated rings. The lowest BCUT2D eigenvalue weighted by Gasteiger charge is -2.58. The average Bonchev–Trinajstić information content (AvgIpc) is 3.01. The Bertz CT molecular complexity index is 1440. The van der Waals surface area contributed by atoms with Gasteiger partial charge in [-0.2, -0.15) is 0 Å². The number of likely N-dealkylation sites (tertiary alicyclic amines) is 1. The van der Waals surface area contributed by atoms with Gasteiger partial charge in [-0.25, -0.2) is 4.79 Å². The molecule has 3 aromatic carbocycles. The topological polar surface area (TPSA) is 93.9 Å². The fraction of sp³-hybridized carbons (Fsp3) is 0.441. The van der Waals surface area contributed by atoms with Crippen LogP contribution in [-0.4, -0.2) is 35.1 Å². The van der Waals surface area contributed by atoms with Gasteiger partial charge >= 0.3 is 6.09 Å². The van der Waals surface area contributed by atoms with E-state index in [1.54, 1.807) is 18.2 Å². The van der Waals surface area contributed by atoms with Crippen LogP contribution in [0.15, 0.2) is 66.7 Å². The second kappa shape index (κ2) is 12.0. The maximum atomic E-state index is 13.5. The average molecular weight is 570 g/mol. The summed E-state index contributed by atoms with van der Waals surface area (Å²) in [7, 11) is 0. The van der Waals surface area contributed by atoms with Crippen LogP contribution in [0, 0.1) is 16.0 Å². The summed E-state index contributed by atoms with van der Waals surface area (Å²) in [5.41, 5.74) is 4.66. The molecule has 42 heavy (non-hydrogen) atoms. The fourth-order valence-corrected chi connectivity index (χ4v) is 7.50. The zero-order valence-corrected chi connectivity index (χ0v) is 24.2. The van der Waals surface area contributed by atoms with Crippen LogP contribution in [-0.2, 0) is 23.2 Å². The summed E-state index contributed by atoms with van der Waals surface area (Å²) in [5, 5.41) is 15.1. The van der Waals surface area contributed by atoms with E-state index in [0.717, 1.165) is 55.5 Å². The SMILES string of the molecule is CCCCOc1cc2c(cc1Nc1ccccc1[N+](=O)[O-])C[C@H]1[C@H]3CCCC[C@@]23CCN1C(=O)OCc1ccccc1. The Hall–Kier alpha value is -4.07.